The van der Waals surface area contributed by atoms with Crippen LogP contribution in [0.4, 0.5) is 0 Å². The predicted octanol–water partition coefficient (Wildman–Crippen LogP) is 1.72. The van der Waals surface area contributed by atoms with Crippen molar-refractivity contribution < 1.29 is 14.7 Å². The molecule has 2 unspecified atom stereocenters. The number of likely N-dealkylation sites (N-methyl/N-ethyl adjacent to an activating group) is 1. The van der Waals surface area contributed by atoms with E-state index in [0.29, 0.717) is 12.3 Å². The lowest BCUT2D eigenvalue weighted by Gasteiger charge is -2.33. The van der Waals surface area contributed by atoms with Gasteiger partial charge in [-0.1, -0.05) is 20.3 Å². The maximum Gasteiger partial charge on any atom is 0.307 e. The fourth-order valence-corrected chi connectivity index (χ4v) is 3.81. The molecule has 4 atom stereocenters. The zero-order valence-electron chi connectivity index (χ0n) is 13.2. The van der Waals surface area contributed by atoms with E-state index in [1.807, 2.05) is 0 Å². The second-order valence-electron chi connectivity index (χ2n) is 6.54. The Bertz CT molecular complexity index is 386. The maximum atomic E-state index is 12.5. The molecule has 1 aliphatic heterocycles. The van der Waals surface area contributed by atoms with Crippen LogP contribution in [-0.2, 0) is 9.59 Å². The number of carboxylic acids is 1. The quantitative estimate of drug-likeness (QED) is 0.810. The van der Waals surface area contributed by atoms with E-state index in [0.717, 1.165) is 45.3 Å². The van der Waals surface area contributed by atoms with E-state index < -0.39 is 11.9 Å². The Balaban J connectivity index is 1.93. The molecule has 2 N–H and O–H groups in total. The van der Waals surface area contributed by atoms with Gasteiger partial charge >= 0.3 is 5.97 Å². The van der Waals surface area contributed by atoms with Crippen LogP contribution in [0.15, 0.2) is 0 Å². The van der Waals surface area contributed by atoms with Gasteiger partial charge in [0.05, 0.1) is 11.8 Å². The van der Waals surface area contributed by atoms with Crippen LogP contribution in [0.5, 0.6) is 0 Å². The van der Waals surface area contributed by atoms with Crippen LogP contribution in [-0.4, -0.2) is 47.6 Å². The van der Waals surface area contributed by atoms with Crippen molar-refractivity contribution in [3.8, 4) is 0 Å². The second-order valence-corrected chi connectivity index (χ2v) is 6.54. The van der Waals surface area contributed by atoms with E-state index in [1.165, 1.54) is 0 Å². The number of rotatable bonds is 5. The van der Waals surface area contributed by atoms with E-state index in [4.69, 9.17) is 0 Å². The Hall–Kier alpha value is -1.10. The minimum Gasteiger partial charge on any atom is -0.481 e. The van der Waals surface area contributed by atoms with Crippen LogP contribution < -0.4 is 5.32 Å². The molecule has 0 radical (unpaired) electrons. The molecule has 0 spiro atoms. The molecule has 0 aromatic rings. The summed E-state index contributed by atoms with van der Waals surface area (Å²) >= 11 is 0. The van der Waals surface area contributed by atoms with Crippen molar-refractivity contribution in [3.05, 3.63) is 0 Å². The first-order valence-corrected chi connectivity index (χ1v) is 8.30. The van der Waals surface area contributed by atoms with Gasteiger partial charge in [0, 0.05) is 12.6 Å². The standard InChI is InChI=1S/C16H28N2O3/c1-3-11-8-13(14(9-11)16(20)21)15(19)17-12-6-5-7-18(4-2)10-12/h11-14H,3-10H2,1-2H3,(H,17,19)(H,20,21)/t11?,12?,13-,14+/m0/s1. The lowest BCUT2D eigenvalue weighted by atomic mass is 9.94. The van der Waals surface area contributed by atoms with E-state index in [1.54, 1.807) is 0 Å². The van der Waals surface area contributed by atoms with Gasteiger partial charge in [-0.15, -0.1) is 0 Å². The Kier molecular flexibility index (Phi) is 5.62. The molecule has 21 heavy (non-hydrogen) atoms. The highest BCUT2D eigenvalue weighted by Crippen LogP contribution is 2.38. The summed E-state index contributed by atoms with van der Waals surface area (Å²) in [7, 11) is 0. The largest absolute Gasteiger partial charge is 0.481 e. The van der Waals surface area contributed by atoms with Crippen molar-refractivity contribution in [3.63, 3.8) is 0 Å². The molecule has 1 heterocycles. The summed E-state index contributed by atoms with van der Waals surface area (Å²) in [6, 6.07) is 0.182. The van der Waals surface area contributed by atoms with Crippen LogP contribution in [0.2, 0.25) is 0 Å². The van der Waals surface area contributed by atoms with Gasteiger partial charge in [0.2, 0.25) is 5.91 Å². The Morgan fingerprint density at radius 3 is 2.57 bits per heavy atom. The van der Waals surface area contributed by atoms with Gasteiger partial charge in [-0.3, -0.25) is 9.59 Å². The van der Waals surface area contributed by atoms with Crippen molar-refractivity contribution in [1.29, 1.82) is 0 Å². The third kappa shape index (κ3) is 3.96. The smallest absolute Gasteiger partial charge is 0.307 e. The average molecular weight is 296 g/mol. The molecule has 0 aromatic heterocycles. The summed E-state index contributed by atoms with van der Waals surface area (Å²) in [5.74, 6) is -1.32. The number of likely N-dealkylation sites (tertiary alicyclic amines) is 1. The van der Waals surface area contributed by atoms with Gasteiger partial charge in [0.25, 0.3) is 0 Å². The molecule has 120 valence electrons. The van der Waals surface area contributed by atoms with Gasteiger partial charge in [-0.05, 0) is 44.7 Å². The topological polar surface area (TPSA) is 69.6 Å². The molecule has 1 saturated heterocycles. The van der Waals surface area contributed by atoms with E-state index in [2.05, 4.69) is 24.1 Å². The number of carbonyl (C=O) groups is 2. The number of nitrogens with zero attached hydrogens (tertiary/aromatic N) is 1. The molecule has 0 bridgehead atoms. The Morgan fingerprint density at radius 1 is 1.24 bits per heavy atom. The third-order valence-electron chi connectivity index (χ3n) is 5.19. The average Bonchev–Trinajstić information content (AvgIpc) is 2.92. The molecule has 2 aliphatic rings. The number of amides is 1. The summed E-state index contributed by atoms with van der Waals surface area (Å²) in [6.07, 6.45) is 4.44. The molecular formula is C16H28N2O3. The first-order chi connectivity index (χ1) is 10.0. The summed E-state index contributed by atoms with van der Waals surface area (Å²) in [4.78, 5) is 26.2. The highest BCUT2D eigenvalue weighted by Gasteiger charge is 2.42. The highest BCUT2D eigenvalue weighted by atomic mass is 16.4. The Labute approximate surface area is 127 Å². The highest BCUT2D eigenvalue weighted by molar-refractivity contribution is 5.85. The molecule has 2 fully saturated rings. The number of piperidine rings is 1. The van der Waals surface area contributed by atoms with Crippen molar-refractivity contribution >= 4 is 11.9 Å². The summed E-state index contributed by atoms with van der Waals surface area (Å²) in [6.45, 7) is 7.20. The molecule has 1 saturated carbocycles. The van der Waals surface area contributed by atoms with Gasteiger partial charge < -0.3 is 15.3 Å². The molecule has 2 rings (SSSR count). The first-order valence-electron chi connectivity index (χ1n) is 8.30. The Morgan fingerprint density at radius 2 is 1.95 bits per heavy atom. The van der Waals surface area contributed by atoms with Gasteiger partial charge in [0.15, 0.2) is 0 Å². The van der Waals surface area contributed by atoms with Crippen molar-refractivity contribution in [1.82, 2.24) is 10.2 Å². The summed E-state index contributed by atoms with van der Waals surface area (Å²) in [5, 5.41) is 12.5. The zero-order chi connectivity index (χ0) is 15.4. The normalized spacial score (nSPS) is 33.8. The van der Waals surface area contributed by atoms with Crippen LogP contribution in [0, 0.1) is 17.8 Å². The third-order valence-corrected chi connectivity index (χ3v) is 5.19. The molecule has 5 heteroatoms. The molecule has 5 nitrogen and oxygen atoms in total. The van der Waals surface area contributed by atoms with E-state index in [9.17, 15) is 14.7 Å². The molecule has 1 aliphatic carbocycles. The minimum atomic E-state index is -0.815. The lowest BCUT2D eigenvalue weighted by Crippen LogP contribution is -2.49. The van der Waals surface area contributed by atoms with Gasteiger partial charge in [-0.2, -0.15) is 0 Å². The fourth-order valence-electron chi connectivity index (χ4n) is 3.81. The van der Waals surface area contributed by atoms with E-state index in [-0.39, 0.29) is 17.9 Å². The van der Waals surface area contributed by atoms with Crippen molar-refractivity contribution in [2.24, 2.45) is 17.8 Å². The fraction of sp³-hybridized carbons (Fsp3) is 0.875. The number of carboxylic acid groups (broad SMARTS) is 1. The first kappa shape index (κ1) is 16.3. The molecule has 0 aromatic carbocycles. The van der Waals surface area contributed by atoms with Gasteiger partial charge in [0.1, 0.15) is 0 Å². The number of nitrogens with one attached hydrogen (secondary N) is 1. The number of hydrogen-bond donors (Lipinski definition) is 2. The zero-order valence-corrected chi connectivity index (χ0v) is 13.2. The monoisotopic (exact) mass is 296 g/mol. The maximum absolute atomic E-state index is 12.5. The molecule has 1 amide bonds. The van der Waals surface area contributed by atoms with E-state index >= 15 is 0 Å². The van der Waals surface area contributed by atoms with Crippen molar-refractivity contribution in [2.45, 2.75) is 52.0 Å². The minimum absolute atomic E-state index is 0.0405. The van der Waals surface area contributed by atoms with Crippen LogP contribution in [0.25, 0.3) is 0 Å². The van der Waals surface area contributed by atoms with Crippen LogP contribution >= 0.6 is 0 Å². The predicted molar refractivity (Wildman–Crippen MR) is 80.9 cm³/mol. The number of hydrogen-bond acceptors (Lipinski definition) is 3. The summed E-state index contributed by atoms with van der Waals surface area (Å²) < 4.78 is 0. The number of carbonyl (C=O) groups excluding carboxylic acids is 1. The summed E-state index contributed by atoms with van der Waals surface area (Å²) in [5.41, 5.74) is 0. The SMILES string of the molecule is CCC1C[C@H](C(=O)NC2CCCN(CC)C2)[C@H](C(=O)O)C1. The lowest BCUT2D eigenvalue weighted by molar-refractivity contribution is -0.146. The van der Waals surface area contributed by atoms with Gasteiger partial charge in [-0.25, -0.2) is 0 Å². The molecular weight excluding hydrogens is 268 g/mol. The second kappa shape index (κ2) is 7.25. The van der Waals surface area contributed by atoms with Crippen molar-refractivity contribution in [2.75, 3.05) is 19.6 Å². The van der Waals surface area contributed by atoms with Crippen LogP contribution in [0.1, 0.15) is 46.0 Å². The van der Waals surface area contributed by atoms with Crippen LogP contribution in [0.3, 0.4) is 0 Å². The number of aliphatic carboxylic acids is 1.